The summed E-state index contributed by atoms with van der Waals surface area (Å²) < 4.78 is 82.6. The van der Waals surface area contributed by atoms with Crippen LogP contribution in [0.5, 0.6) is 17.2 Å². The maximum Gasteiger partial charge on any atom is 0.229 e. The molecule has 642 valence electrons. The van der Waals surface area contributed by atoms with Crippen LogP contribution in [0.2, 0.25) is 10.0 Å². The number of piperazine rings is 2. The number of halogens is 2. The number of ether oxygens (including phenoxy) is 3. The first-order valence-corrected chi connectivity index (χ1v) is 50.9. The van der Waals surface area contributed by atoms with E-state index in [1.807, 2.05) is 85.8 Å². The highest BCUT2D eigenvalue weighted by molar-refractivity contribution is 7.92. The fourth-order valence-corrected chi connectivity index (χ4v) is 22.3. The molecule has 8 heterocycles. The molecule has 15 rings (SSSR count). The molecule has 9 aromatic rings. The van der Waals surface area contributed by atoms with Crippen LogP contribution < -0.4 is 71.8 Å². The molecule has 120 heavy (non-hydrogen) atoms. The van der Waals surface area contributed by atoms with Gasteiger partial charge in [-0.15, -0.1) is 0 Å². The number of para-hydroxylation sites is 3. The number of aryl methyl sites for hydroxylation is 1. The molecular formula is C87H116Cl2N19O8P3S. The van der Waals surface area contributed by atoms with Crippen molar-refractivity contribution in [2.24, 2.45) is 5.92 Å². The van der Waals surface area contributed by atoms with E-state index in [9.17, 15) is 22.1 Å². The number of benzene rings is 6. The molecule has 1 aliphatic carbocycles. The standard InChI is InChI=1S/C30H40ClN6O4PS.C30H42N7O2P.C27H34ClN6O2P/c1-21(2)43(39,40)28-8-6-5-7-26(28)33-29-24(31)20-32-30(35-29)34-25-10-9-23(19-27(25)41-4)42(38)17-15-37(16-18-42)22-11-13-36(3)14-12-22;1-22-21-31-30(34-29(22)32-26-8-6-7-9-28(26)40(4,5)38)33-25-11-10-24(20-27(25)39-3)36-14-12-23(13-15-36)37-18-16-35(2)17-19-37;1-36-24-16-20(34-14-12-33(13-15-34)18-19-8-9-19)10-11-22(24)31-27-29-17-21(28)26(32-27)30-23-6-4-5-7-25(23)37(2,3)35/h5-10,19-22H,11-18H2,1-4H3,(H2,32,33,34,35);6-11,20-21,23H,12-19H2,1-5H3,(H2,31,32,33,34);4-7,10-11,16-17,19H,8-9,12-15,18H2,1-3H3,(H2,29,30,31,32). The molecule has 0 radical (unpaired) electrons. The number of likely N-dealkylation sites (N-methyl/N-ethyl adjacent to an activating group) is 1. The van der Waals surface area contributed by atoms with Crippen molar-refractivity contribution in [2.75, 3.05) is 214 Å². The monoisotopic (exact) mass is 1750 g/mol. The van der Waals surface area contributed by atoms with E-state index in [4.69, 9.17) is 42.4 Å². The molecule has 3 aromatic heterocycles. The summed E-state index contributed by atoms with van der Waals surface area (Å²) in [4.78, 5) is 44.6. The second kappa shape index (κ2) is 39.7. The van der Waals surface area contributed by atoms with Gasteiger partial charge in [0.25, 0.3) is 0 Å². The maximum absolute atomic E-state index is 14.0. The zero-order valence-corrected chi connectivity index (χ0v) is 76.0. The van der Waals surface area contributed by atoms with Crippen molar-refractivity contribution in [2.45, 2.75) is 81.5 Å². The van der Waals surface area contributed by atoms with Gasteiger partial charge in [-0.05, 0) is 198 Å². The van der Waals surface area contributed by atoms with Gasteiger partial charge in [0.2, 0.25) is 17.8 Å². The first kappa shape index (κ1) is 89.1. The molecule has 0 atom stereocenters. The van der Waals surface area contributed by atoms with E-state index in [-0.39, 0.29) is 21.7 Å². The quantitative estimate of drug-likeness (QED) is 0.0275. The summed E-state index contributed by atoms with van der Waals surface area (Å²) >= 11 is 12.8. The predicted octanol–water partition coefficient (Wildman–Crippen LogP) is 15.4. The SMILES string of the molecule is COc1cc(N2CCC(N3CCN(C)CC3)CC2)ccc1Nc1ncc(C)c(Nc2ccccc2P(C)(C)=O)n1.COc1cc(N2CCN(CC3CC3)CC2)ccc1Nc1ncc(Cl)c(Nc2ccccc2P(C)(C)=O)n1.COc1cc(P2(=O)CCN(C3CCN(C)CC3)CC2)ccc1Nc1ncc(Cl)c(Nc2ccccc2S(=O)(=O)C(C)C)n1. The minimum atomic E-state index is -3.55. The Balaban J connectivity index is 0.000000156. The minimum Gasteiger partial charge on any atom is -0.495 e. The largest absolute Gasteiger partial charge is 0.495 e. The highest BCUT2D eigenvalue weighted by atomic mass is 35.5. The fraction of sp³-hybridized carbons (Fsp3) is 0.448. The van der Waals surface area contributed by atoms with Crippen LogP contribution in [-0.4, -0.2) is 253 Å². The number of rotatable bonds is 26. The lowest BCUT2D eigenvalue weighted by atomic mass is 10.0. The van der Waals surface area contributed by atoms with Crippen LogP contribution in [0.25, 0.3) is 0 Å². The molecule has 6 N–H and O–H groups in total. The van der Waals surface area contributed by atoms with Crippen LogP contribution in [0.15, 0.2) is 151 Å². The molecule has 0 bridgehead atoms. The Morgan fingerprint density at radius 1 is 0.475 bits per heavy atom. The summed E-state index contributed by atoms with van der Waals surface area (Å²) in [5.74, 6) is 5.35. The molecule has 0 unspecified atom stereocenters. The van der Waals surface area contributed by atoms with Crippen molar-refractivity contribution in [1.82, 2.24) is 54.4 Å². The lowest BCUT2D eigenvalue weighted by Crippen LogP contribution is -2.52. The number of anilines is 14. The fourth-order valence-electron chi connectivity index (χ4n) is 15.9. The topological polar surface area (TPSA) is 285 Å². The van der Waals surface area contributed by atoms with E-state index in [0.717, 1.165) is 121 Å². The number of nitrogens with one attached hydrogen (secondary N) is 6. The van der Waals surface area contributed by atoms with Crippen molar-refractivity contribution < 1.29 is 36.3 Å². The van der Waals surface area contributed by atoms with E-state index in [1.54, 1.807) is 98.5 Å². The Morgan fingerprint density at radius 2 is 0.892 bits per heavy atom. The molecule has 5 aliphatic heterocycles. The normalized spacial score (nSPS) is 17.6. The number of sulfone groups is 1. The van der Waals surface area contributed by atoms with Crippen molar-refractivity contribution in [3.63, 3.8) is 0 Å². The Bertz CT molecular complexity index is 5290. The molecule has 6 aliphatic rings. The Labute approximate surface area is 717 Å². The number of piperidine rings is 2. The number of aromatic nitrogens is 6. The third kappa shape index (κ3) is 22.8. The lowest BCUT2D eigenvalue weighted by Gasteiger charge is -2.42. The number of hydrogen-bond acceptors (Lipinski definition) is 27. The summed E-state index contributed by atoms with van der Waals surface area (Å²) in [6.07, 6.45) is 13.6. The predicted molar refractivity (Wildman–Crippen MR) is 494 cm³/mol. The first-order valence-electron chi connectivity index (χ1n) is 41.3. The zero-order valence-electron chi connectivity index (χ0n) is 71.0. The van der Waals surface area contributed by atoms with E-state index in [2.05, 4.69) is 129 Å². The average molecular weight is 1750 g/mol. The third-order valence-electron chi connectivity index (χ3n) is 23.3. The highest BCUT2D eigenvalue weighted by Gasteiger charge is 2.36. The molecule has 6 aromatic carbocycles. The van der Waals surface area contributed by atoms with Crippen LogP contribution >= 0.6 is 44.6 Å². The lowest BCUT2D eigenvalue weighted by molar-refractivity contribution is 0.0982. The van der Waals surface area contributed by atoms with E-state index < -0.39 is 36.5 Å². The van der Waals surface area contributed by atoms with Gasteiger partial charge in [-0.3, -0.25) is 14.7 Å². The first-order chi connectivity index (χ1) is 57.5. The molecular weight excluding hydrogens is 1630 g/mol. The van der Waals surface area contributed by atoms with Crippen molar-refractivity contribution in [3.8, 4) is 17.2 Å². The summed E-state index contributed by atoms with van der Waals surface area (Å²) in [6.45, 7) is 28.5. The second-order valence-corrected chi connectivity index (χ2v) is 45.8. The minimum absolute atomic E-state index is 0.165. The van der Waals surface area contributed by atoms with E-state index >= 15 is 0 Å². The zero-order chi connectivity index (χ0) is 85.0. The van der Waals surface area contributed by atoms with Crippen LogP contribution in [0.4, 0.5) is 80.8 Å². The Kier molecular flexibility index (Phi) is 29.5. The summed E-state index contributed by atoms with van der Waals surface area (Å²) in [5, 5.41) is 21.8. The smallest absolute Gasteiger partial charge is 0.229 e. The molecule has 0 amide bonds. The molecule has 5 saturated heterocycles. The summed E-state index contributed by atoms with van der Waals surface area (Å²) in [5.41, 5.74) is 7.27. The number of nitrogens with zero attached hydrogens (tertiary/aromatic N) is 13. The van der Waals surface area contributed by atoms with E-state index in [0.29, 0.717) is 81.5 Å². The van der Waals surface area contributed by atoms with Gasteiger partial charge in [-0.2, -0.15) is 15.0 Å². The molecule has 6 fully saturated rings. The number of hydrogen-bond donors (Lipinski definition) is 6. The van der Waals surface area contributed by atoms with Gasteiger partial charge in [0.05, 0.1) is 78.0 Å². The van der Waals surface area contributed by atoms with Gasteiger partial charge in [0.1, 0.15) is 54.5 Å². The van der Waals surface area contributed by atoms with Crippen LogP contribution in [0.1, 0.15) is 57.9 Å². The van der Waals surface area contributed by atoms with Gasteiger partial charge >= 0.3 is 0 Å². The summed E-state index contributed by atoms with van der Waals surface area (Å²) in [6, 6.07) is 41.1. The number of methoxy groups -OCH3 is 3. The van der Waals surface area contributed by atoms with Crippen LogP contribution in [0.3, 0.4) is 0 Å². The second-order valence-electron chi connectivity index (χ2n) is 32.9. The molecule has 0 spiro atoms. The van der Waals surface area contributed by atoms with Gasteiger partial charge < -0.3 is 79.4 Å². The number of likely N-dealkylation sites (tertiary alicyclic amines) is 1. The van der Waals surface area contributed by atoms with Crippen LogP contribution in [0, 0.1) is 12.8 Å². The molecule has 33 heteroatoms. The van der Waals surface area contributed by atoms with Gasteiger partial charge in [-0.1, -0.05) is 59.6 Å². The van der Waals surface area contributed by atoms with Gasteiger partial charge in [0.15, 0.2) is 21.5 Å². The van der Waals surface area contributed by atoms with Gasteiger partial charge in [-0.25, -0.2) is 23.4 Å². The maximum atomic E-state index is 14.0. The Morgan fingerprint density at radius 3 is 1.38 bits per heavy atom. The van der Waals surface area contributed by atoms with Crippen molar-refractivity contribution in [3.05, 3.63) is 162 Å². The van der Waals surface area contributed by atoms with Crippen molar-refractivity contribution >= 4 is 151 Å². The van der Waals surface area contributed by atoms with E-state index in [1.165, 1.54) is 83.1 Å². The third-order valence-corrected chi connectivity index (χ3v) is 32.2. The van der Waals surface area contributed by atoms with Crippen LogP contribution in [-0.2, 0) is 23.5 Å². The summed E-state index contributed by atoms with van der Waals surface area (Å²) in [7, 11) is -1.75. The van der Waals surface area contributed by atoms with Crippen molar-refractivity contribution in [1.29, 1.82) is 0 Å². The Hall–Kier alpha value is -8.62. The average Bonchev–Trinajstić information content (AvgIpc) is 1.17. The van der Waals surface area contributed by atoms with Gasteiger partial charge in [0, 0.05) is 161 Å². The highest BCUT2D eigenvalue weighted by Crippen LogP contribution is 2.49. The molecule has 27 nitrogen and oxygen atoms in total. The molecule has 1 saturated carbocycles.